The number of thiazole rings is 1. The molecule has 4 aromatic rings. The Balaban J connectivity index is 1.77. The lowest BCUT2D eigenvalue weighted by molar-refractivity contribution is -0.119. The molecule has 0 aliphatic carbocycles. The van der Waals surface area contributed by atoms with Crippen molar-refractivity contribution in [2.24, 2.45) is 5.73 Å². The number of primary amides is 1. The quantitative estimate of drug-likeness (QED) is 0.448. The molecule has 0 saturated heterocycles. The first-order chi connectivity index (χ1) is 15.1. The van der Waals surface area contributed by atoms with Crippen LogP contribution in [0, 0.1) is 0 Å². The fraction of sp³-hybridized carbons (Fsp3) is 0.182. The van der Waals surface area contributed by atoms with Gasteiger partial charge in [-0.3, -0.25) is 4.79 Å². The van der Waals surface area contributed by atoms with Gasteiger partial charge in [-0.2, -0.15) is 0 Å². The van der Waals surface area contributed by atoms with E-state index < -0.39 is 11.8 Å². The molecule has 2 N–H and O–H groups in total. The minimum atomic E-state index is -0.687. The molecule has 0 bridgehead atoms. The number of rotatable bonds is 8. The summed E-state index contributed by atoms with van der Waals surface area (Å²) in [6.07, 6.45) is 3.58. The third-order valence-electron chi connectivity index (χ3n) is 4.73. The molecule has 0 aliphatic rings. The van der Waals surface area contributed by atoms with Crippen molar-refractivity contribution in [1.82, 2.24) is 15.0 Å². The molecule has 0 radical (unpaired) electrons. The summed E-state index contributed by atoms with van der Waals surface area (Å²) in [6, 6.07) is 10.8. The van der Waals surface area contributed by atoms with Gasteiger partial charge in [0.1, 0.15) is 10.7 Å². The van der Waals surface area contributed by atoms with E-state index in [4.69, 9.17) is 19.6 Å². The molecule has 3 heterocycles. The van der Waals surface area contributed by atoms with Crippen molar-refractivity contribution in [3.63, 3.8) is 0 Å². The predicted molar refractivity (Wildman–Crippen MR) is 116 cm³/mol. The van der Waals surface area contributed by atoms with Gasteiger partial charge < -0.3 is 19.6 Å². The highest BCUT2D eigenvalue weighted by Crippen LogP contribution is 2.32. The topological polar surface area (TPSA) is 113 Å². The molecule has 1 amide bonds. The minimum Gasteiger partial charge on any atom is -0.493 e. The Hall–Kier alpha value is -3.72. The Morgan fingerprint density at radius 2 is 2.00 bits per heavy atom. The van der Waals surface area contributed by atoms with Crippen LogP contribution in [0.25, 0.3) is 22.3 Å². The van der Waals surface area contributed by atoms with E-state index >= 15 is 0 Å². The van der Waals surface area contributed by atoms with Gasteiger partial charge >= 0.3 is 0 Å². The molecular weight excluding hydrogens is 416 g/mol. The van der Waals surface area contributed by atoms with Gasteiger partial charge in [-0.05, 0) is 42.3 Å². The first-order valence-electron chi connectivity index (χ1n) is 9.42. The second-order valence-corrected chi connectivity index (χ2v) is 7.56. The zero-order chi connectivity index (χ0) is 21.8. The monoisotopic (exact) mass is 436 g/mol. The van der Waals surface area contributed by atoms with Crippen LogP contribution in [0.15, 0.2) is 58.7 Å². The molecule has 3 aromatic heterocycles. The van der Waals surface area contributed by atoms with Crippen LogP contribution in [0.2, 0.25) is 0 Å². The number of hydrogen-bond donors (Lipinski definition) is 1. The van der Waals surface area contributed by atoms with Gasteiger partial charge in [0.2, 0.25) is 5.91 Å². The number of amides is 1. The van der Waals surface area contributed by atoms with E-state index in [1.165, 1.54) is 11.3 Å². The number of ether oxygens (including phenoxy) is 2. The van der Waals surface area contributed by atoms with Crippen LogP contribution in [0.1, 0.15) is 17.2 Å². The van der Waals surface area contributed by atoms with Crippen LogP contribution in [0.5, 0.6) is 11.5 Å². The second kappa shape index (κ2) is 8.97. The van der Waals surface area contributed by atoms with Gasteiger partial charge in [0.15, 0.2) is 23.1 Å². The van der Waals surface area contributed by atoms with Crippen molar-refractivity contribution in [1.29, 1.82) is 0 Å². The number of nitrogens with two attached hydrogens (primary N) is 1. The summed E-state index contributed by atoms with van der Waals surface area (Å²) in [5, 5.41) is 2.57. The maximum Gasteiger partial charge on any atom is 0.226 e. The van der Waals surface area contributed by atoms with Gasteiger partial charge in [-0.15, -0.1) is 11.3 Å². The lowest BCUT2D eigenvalue weighted by Crippen LogP contribution is -2.24. The van der Waals surface area contributed by atoms with Gasteiger partial charge in [-0.1, -0.05) is 6.07 Å². The van der Waals surface area contributed by atoms with Gasteiger partial charge in [0.05, 0.1) is 32.1 Å². The van der Waals surface area contributed by atoms with Crippen LogP contribution in [-0.4, -0.2) is 35.1 Å². The van der Waals surface area contributed by atoms with E-state index in [-0.39, 0.29) is 0 Å². The zero-order valence-corrected chi connectivity index (χ0v) is 17.8. The van der Waals surface area contributed by atoms with Crippen molar-refractivity contribution in [2.75, 3.05) is 14.2 Å². The van der Waals surface area contributed by atoms with Gasteiger partial charge in [0.25, 0.3) is 0 Å². The van der Waals surface area contributed by atoms with Crippen LogP contribution >= 0.6 is 11.3 Å². The Labute approximate surface area is 182 Å². The number of aromatic nitrogens is 3. The molecule has 0 spiro atoms. The highest BCUT2D eigenvalue weighted by molar-refractivity contribution is 7.13. The van der Waals surface area contributed by atoms with E-state index in [2.05, 4.69) is 15.0 Å². The molecule has 4 rings (SSSR count). The summed E-state index contributed by atoms with van der Waals surface area (Å²) in [6.45, 7) is 0. The molecule has 0 saturated carbocycles. The Morgan fingerprint density at radius 1 is 1.16 bits per heavy atom. The van der Waals surface area contributed by atoms with Crippen LogP contribution in [-0.2, 0) is 11.2 Å². The number of benzene rings is 1. The van der Waals surface area contributed by atoms with Crippen molar-refractivity contribution in [2.45, 2.75) is 12.3 Å². The number of carbonyl (C=O) groups is 1. The molecule has 8 nitrogen and oxygen atoms in total. The first kappa shape index (κ1) is 20.5. The van der Waals surface area contributed by atoms with Gasteiger partial charge in [0, 0.05) is 11.6 Å². The van der Waals surface area contributed by atoms with Crippen molar-refractivity contribution in [3.8, 4) is 33.8 Å². The fourth-order valence-electron chi connectivity index (χ4n) is 3.21. The fourth-order valence-corrected chi connectivity index (χ4v) is 3.81. The lowest BCUT2D eigenvalue weighted by Gasteiger charge is -2.16. The first-order valence-corrected chi connectivity index (χ1v) is 10.3. The summed E-state index contributed by atoms with van der Waals surface area (Å²) in [5.41, 5.74) is 7.74. The zero-order valence-electron chi connectivity index (χ0n) is 16.9. The molecule has 1 unspecified atom stereocenters. The summed E-state index contributed by atoms with van der Waals surface area (Å²) >= 11 is 1.45. The Morgan fingerprint density at radius 3 is 2.65 bits per heavy atom. The predicted octanol–water partition coefficient (Wildman–Crippen LogP) is 3.69. The van der Waals surface area contributed by atoms with E-state index in [0.717, 1.165) is 5.56 Å². The maximum absolute atomic E-state index is 12.4. The summed E-state index contributed by atoms with van der Waals surface area (Å²) < 4.78 is 16.1. The smallest absolute Gasteiger partial charge is 0.226 e. The standard InChI is InChI=1S/C22H20N4O4S/c1-28-17-6-5-13(11-19(17)29-2)10-14(20(23)27)15-12-16(22-24-7-9-31-22)26-21(25-15)18-4-3-8-30-18/h3-9,11-12,14H,10H2,1-2H3,(H2,23,27). The SMILES string of the molecule is COc1ccc(CC(C(N)=O)c2cc(-c3nccs3)nc(-c3ccco3)n2)cc1OC. The molecule has 31 heavy (non-hydrogen) atoms. The number of hydrogen-bond acceptors (Lipinski definition) is 8. The van der Waals surface area contributed by atoms with Crippen LogP contribution < -0.4 is 15.2 Å². The van der Waals surface area contributed by atoms with Crippen molar-refractivity contribution >= 4 is 17.2 Å². The van der Waals surface area contributed by atoms with E-state index in [1.807, 2.05) is 17.5 Å². The van der Waals surface area contributed by atoms with Crippen molar-refractivity contribution in [3.05, 3.63) is 65.5 Å². The van der Waals surface area contributed by atoms with E-state index in [9.17, 15) is 4.79 Å². The highest BCUT2D eigenvalue weighted by atomic mass is 32.1. The van der Waals surface area contributed by atoms with Crippen LogP contribution in [0.4, 0.5) is 0 Å². The molecule has 1 atom stereocenters. The second-order valence-electron chi connectivity index (χ2n) is 6.66. The summed E-state index contributed by atoms with van der Waals surface area (Å²) in [4.78, 5) is 25.9. The maximum atomic E-state index is 12.4. The van der Waals surface area contributed by atoms with Gasteiger partial charge in [-0.25, -0.2) is 15.0 Å². The molecule has 9 heteroatoms. The summed E-state index contributed by atoms with van der Waals surface area (Å²) in [7, 11) is 3.13. The highest BCUT2D eigenvalue weighted by Gasteiger charge is 2.24. The molecule has 0 fully saturated rings. The third kappa shape index (κ3) is 4.41. The minimum absolute atomic E-state index is 0.335. The average molecular weight is 436 g/mol. The van der Waals surface area contributed by atoms with Crippen molar-refractivity contribution < 1.29 is 18.7 Å². The summed E-state index contributed by atoms with van der Waals surface area (Å²) in [5.74, 6) is 0.860. The Bertz CT molecular complexity index is 1120. The number of furan rings is 1. The number of nitrogens with zero attached hydrogens (tertiary/aromatic N) is 3. The molecule has 158 valence electrons. The lowest BCUT2D eigenvalue weighted by atomic mass is 9.94. The molecule has 1 aromatic carbocycles. The Kier molecular flexibility index (Phi) is 5.94. The third-order valence-corrected chi connectivity index (χ3v) is 5.52. The number of carbonyl (C=O) groups excluding carboxylic acids is 1. The molecular formula is C22H20N4O4S. The molecule has 0 aliphatic heterocycles. The largest absolute Gasteiger partial charge is 0.493 e. The van der Waals surface area contributed by atoms with E-state index in [1.54, 1.807) is 50.9 Å². The van der Waals surface area contributed by atoms with Crippen LogP contribution in [0.3, 0.4) is 0 Å². The van der Waals surface area contributed by atoms with E-state index in [0.29, 0.717) is 45.9 Å². The average Bonchev–Trinajstić information content (AvgIpc) is 3.51. The normalized spacial score (nSPS) is 11.8. The number of methoxy groups -OCH3 is 2.